The van der Waals surface area contributed by atoms with Crippen molar-refractivity contribution < 1.29 is 29.3 Å². The predicted molar refractivity (Wildman–Crippen MR) is 116 cm³/mol. The van der Waals surface area contributed by atoms with Gasteiger partial charge in [0.25, 0.3) is 0 Å². The number of hydrogen-bond acceptors (Lipinski definition) is 6. The van der Waals surface area contributed by atoms with E-state index in [1.807, 2.05) is 18.2 Å². The molecule has 1 fully saturated rings. The maximum atomic E-state index is 9.10. The molecule has 2 rings (SSSR count). The first kappa shape index (κ1) is 26.2. The highest BCUT2D eigenvalue weighted by Crippen LogP contribution is 2.33. The minimum atomic E-state index is -1.82. The molecule has 1 heterocycles. The summed E-state index contributed by atoms with van der Waals surface area (Å²) in [5, 5.41) is 15.5. The fourth-order valence-electron chi connectivity index (χ4n) is 2.79. The van der Waals surface area contributed by atoms with Crippen molar-refractivity contribution in [2.75, 3.05) is 59.6 Å². The van der Waals surface area contributed by atoms with E-state index in [4.69, 9.17) is 40.9 Å². The Kier molecular flexibility index (Phi) is 11.1. The normalized spacial score (nSPS) is 15.2. The third-order valence-corrected chi connectivity index (χ3v) is 4.80. The van der Waals surface area contributed by atoms with Crippen molar-refractivity contribution >= 4 is 23.5 Å². The summed E-state index contributed by atoms with van der Waals surface area (Å²) in [6, 6.07) is 5.82. The molecular weight excluding hydrogens is 412 g/mol. The van der Waals surface area contributed by atoms with Gasteiger partial charge in [-0.25, -0.2) is 9.59 Å². The number of aliphatic carboxylic acids is 2. The number of carboxylic acids is 2. The average molecular weight is 445 g/mol. The van der Waals surface area contributed by atoms with Crippen molar-refractivity contribution in [3.8, 4) is 5.75 Å². The van der Waals surface area contributed by atoms with Crippen LogP contribution in [0.3, 0.4) is 0 Å². The number of nitrogens with zero attached hydrogens (tertiary/aromatic N) is 2. The van der Waals surface area contributed by atoms with E-state index in [1.54, 1.807) is 0 Å². The number of hydrogen-bond donors (Lipinski definition) is 2. The Balaban J connectivity index is 0.000000656. The molecule has 30 heavy (non-hydrogen) atoms. The Hall–Kier alpha value is -1.87. The summed E-state index contributed by atoms with van der Waals surface area (Å²) < 4.78 is 11.6. The van der Waals surface area contributed by atoms with E-state index in [0.29, 0.717) is 13.2 Å². The van der Waals surface area contributed by atoms with E-state index in [0.717, 1.165) is 55.7 Å². The lowest BCUT2D eigenvalue weighted by Gasteiger charge is -2.32. The molecule has 1 aromatic rings. The fourth-order valence-corrected chi connectivity index (χ4v) is 2.96. The minimum absolute atomic E-state index is 0.00249. The lowest BCUT2D eigenvalue weighted by atomic mass is 9.86. The molecule has 0 bridgehead atoms. The van der Waals surface area contributed by atoms with Gasteiger partial charge >= 0.3 is 11.9 Å². The van der Waals surface area contributed by atoms with Crippen molar-refractivity contribution in [1.29, 1.82) is 0 Å². The average Bonchev–Trinajstić information content (AvgIpc) is 2.66. The van der Waals surface area contributed by atoms with Gasteiger partial charge in [0.05, 0.1) is 13.2 Å². The van der Waals surface area contributed by atoms with Gasteiger partial charge in [0, 0.05) is 43.3 Å². The topological polar surface area (TPSA) is 99.5 Å². The molecule has 0 radical (unpaired) electrons. The fraction of sp³-hybridized carbons (Fsp3) is 0.619. The van der Waals surface area contributed by atoms with E-state index in [2.05, 4.69) is 37.6 Å². The third kappa shape index (κ3) is 10.2. The molecule has 8 nitrogen and oxygen atoms in total. The number of ether oxygens (including phenoxy) is 2. The van der Waals surface area contributed by atoms with Gasteiger partial charge in [-0.05, 0) is 30.7 Å². The molecular formula is C21H33ClN2O6. The van der Waals surface area contributed by atoms with Gasteiger partial charge in [-0.1, -0.05) is 32.4 Å². The molecule has 2 N–H and O–H groups in total. The van der Waals surface area contributed by atoms with Crippen LogP contribution in [0.25, 0.3) is 0 Å². The van der Waals surface area contributed by atoms with Crippen LogP contribution in [0.4, 0.5) is 0 Å². The Morgan fingerprint density at radius 3 is 2.17 bits per heavy atom. The molecule has 0 saturated carbocycles. The predicted octanol–water partition coefficient (Wildman–Crippen LogP) is 2.44. The molecule has 0 aromatic heterocycles. The number of piperazine rings is 1. The molecule has 0 aliphatic carbocycles. The number of carbonyl (C=O) groups is 2. The van der Waals surface area contributed by atoms with Gasteiger partial charge in [-0.3, -0.25) is 4.90 Å². The summed E-state index contributed by atoms with van der Waals surface area (Å²) in [7, 11) is 2.17. The van der Waals surface area contributed by atoms with Crippen LogP contribution in [0.2, 0.25) is 5.02 Å². The second-order valence-electron chi connectivity index (χ2n) is 8.11. The Morgan fingerprint density at radius 1 is 1.03 bits per heavy atom. The van der Waals surface area contributed by atoms with Crippen molar-refractivity contribution in [2.24, 2.45) is 0 Å². The molecule has 1 aliphatic heterocycles. The Bertz CT molecular complexity index is 673. The molecule has 1 saturated heterocycles. The number of benzene rings is 1. The quantitative estimate of drug-likeness (QED) is 0.488. The van der Waals surface area contributed by atoms with Crippen molar-refractivity contribution in [3.63, 3.8) is 0 Å². The number of likely N-dealkylation sites (N-methyl/N-ethyl adjacent to an activating group) is 1. The van der Waals surface area contributed by atoms with E-state index in [9.17, 15) is 0 Å². The zero-order chi connectivity index (χ0) is 22.7. The molecule has 170 valence electrons. The van der Waals surface area contributed by atoms with Crippen molar-refractivity contribution in [3.05, 3.63) is 28.8 Å². The van der Waals surface area contributed by atoms with E-state index >= 15 is 0 Å². The summed E-state index contributed by atoms with van der Waals surface area (Å²) in [5.74, 6) is -2.75. The summed E-state index contributed by atoms with van der Waals surface area (Å²) >= 11 is 6.12. The molecule has 0 unspecified atom stereocenters. The first-order chi connectivity index (χ1) is 14.0. The second-order valence-corrected chi connectivity index (χ2v) is 8.54. The van der Waals surface area contributed by atoms with E-state index in [1.165, 1.54) is 0 Å². The molecule has 0 amide bonds. The highest BCUT2D eigenvalue weighted by Gasteiger charge is 2.19. The first-order valence-corrected chi connectivity index (χ1v) is 10.3. The van der Waals surface area contributed by atoms with Crippen LogP contribution in [0, 0.1) is 0 Å². The number of rotatable bonds is 7. The summed E-state index contributed by atoms with van der Waals surface area (Å²) in [4.78, 5) is 23.0. The second kappa shape index (κ2) is 12.7. The highest BCUT2D eigenvalue weighted by atomic mass is 35.5. The highest BCUT2D eigenvalue weighted by molar-refractivity contribution is 6.30. The van der Waals surface area contributed by atoms with Crippen LogP contribution in [0.15, 0.2) is 18.2 Å². The largest absolute Gasteiger partial charge is 0.491 e. The van der Waals surface area contributed by atoms with Gasteiger partial charge in [-0.15, -0.1) is 0 Å². The third-order valence-electron chi connectivity index (χ3n) is 4.57. The lowest BCUT2D eigenvalue weighted by molar-refractivity contribution is -0.159. The zero-order valence-electron chi connectivity index (χ0n) is 18.2. The molecule has 1 aromatic carbocycles. The molecule has 0 spiro atoms. The van der Waals surface area contributed by atoms with Gasteiger partial charge in [-0.2, -0.15) is 0 Å². The summed E-state index contributed by atoms with van der Waals surface area (Å²) in [5.41, 5.74) is 1.13. The van der Waals surface area contributed by atoms with Gasteiger partial charge in [0.2, 0.25) is 0 Å². The van der Waals surface area contributed by atoms with Crippen LogP contribution in [0.1, 0.15) is 26.3 Å². The molecule has 9 heteroatoms. The first-order valence-electron chi connectivity index (χ1n) is 9.88. The van der Waals surface area contributed by atoms with Gasteiger partial charge in [0.15, 0.2) is 0 Å². The number of halogens is 1. The standard InChI is InChI=1S/C19H31ClN2O2.C2H2O4/c1-19(2,3)17-15-16(20)5-6-18(17)24-14-13-23-12-11-22-9-7-21(4)8-10-22;3-1(4)2(5)6/h5-6,15H,7-14H2,1-4H3;(H,3,4)(H,5,6). The maximum absolute atomic E-state index is 9.10. The van der Waals surface area contributed by atoms with Crippen molar-refractivity contribution in [1.82, 2.24) is 9.80 Å². The monoisotopic (exact) mass is 444 g/mol. The Morgan fingerprint density at radius 2 is 1.63 bits per heavy atom. The lowest BCUT2D eigenvalue weighted by Crippen LogP contribution is -2.45. The van der Waals surface area contributed by atoms with Gasteiger partial charge in [0.1, 0.15) is 12.4 Å². The maximum Gasteiger partial charge on any atom is 0.414 e. The Labute approximate surface area is 183 Å². The molecule has 1 aliphatic rings. The van der Waals surface area contributed by atoms with Crippen LogP contribution in [0.5, 0.6) is 5.75 Å². The SMILES string of the molecule is CN1CCN(CCOCCOc2ccc(Cl)cc2C(C)(C)C)CC1.O=C(O)C(=O)O. The zero-order valence-corrected chi connectivity index (χ0v) is 18.9. The summed E-state index contributed by atoms with van der Waals surface area (Å²) in [6.45, 7) is 14.0. The minimum Gasteiger partial charge on any atom is -0.491 e. The van der Waals surface area contributed by atoms with Crippen LogP contribution in [-0.4, -0.2) is 91.5 Å². The van der Waals surface area contributed by atoms with E-state index < -0.39 is 11.9 Å². The van der Waals surface area contributed by atoms with Crippen LogP contribution < -0.4 is 4.74 Å². The summed E-state index contributed by atoms with van der Waals surface area (Å²) in [6.07, 6.45) is 0. The molecule has 0 atom stereocenters. The smallest absolute Gasteiger partial charge is 0.414 e. The number of carboxylic acid groups (broad SMARTS) is 2. The van der Waals surface area contributed by atoms with Crippen molar-refractivity contribution in [2.45, 2.75) is 26.2 Å². The van der Waals surface area contributed by atoms with Gasteiger partial charge < -0.3 is 24.6 Å². The van der Waals surface area contributed by atoms with Crippen LogP contribution in [-0.2, 0) is 19.7 Å². The van der Waals surface area contributed by atoms with E-state index in [-0.39, 0.29) is 5.41 Å². The van der Waals surface area contributed by atoms with Crippen LogP contribution >= 0.6 is 11.6 Å².